The SMILES string of the molecule is CC(CC#N)N(C)S(=O)(=O)c1cc(Br)ccc1[N+](=O)[O-]. The molecule has 9 heteroatoms. The van der Waals surface area contributed by atoms with E-state index in [4.69, 9.17) is 5.26 Å². The van der Waals surface area contributed by atoms with Crippen LogP contribution < -0.4 is 0 Å². The lowest BCUT2D eigenvalue weighted by molar-refractivity contribution is -0.387. The van der Waals surface area contributed by atoms with Gasteiger partial charge in [-0.3, -0.25) is 10.1 Å². The Morgan fingerprint density at radius 3 is 2.65 bits per heavy atom. The zero-order valence-corrected chi connectivity index (χ0v) is 13.2. The highest BCUT2D eigenvalue weighted by atomic mass is 79.9. The topological polar surface area (TPSA) is 104 Å². The fourth-order valence-corrected chi connectivity index (χ4v) is 3.55. The summed E-state index contributed by atoms with van der Waals surface area (Å²) in [6.45, 7) is 1.56. The van der Waals surface area contributed by atoms with E-state index in [9.17, 15) is 18.5 Å². The zero-order valence-electron chi connectivity index (χ0n) is 10.8. The minimum atomic E-state index is -4.05. The molecule has 20 heavy (non-hydrogen) atoms. The molecule has 1 rings (SSSR count). The summed E-state index contributed by atoms with van der Waals surface area (Å²) < 4.78 is 26.2. The number of nitriles is 1. The Kier molecular flexibility index (Phi) is 5.21. The Balaban J connectivity index is 3.39. The molecule has 1 unspecified atom stereocenters. The molecular formula is C11H12BrN3O4S. The molecule has 0 aromatic heterocycles. The minimum Gasteiger partial charge on any atom is -0.258 e. The molecule has 0 fully saturated rings. The first-order valence-corrected chi connectivity index (χ1v) is 7.74. The van der Waals surface area contributed by atoms with Gasteiger partial charge in [0.15, 0.2) is 4.90 Å². The van der Waals surface area contributed by atoms with Crippen molar-refractivity contribution in [1.82, 2.24) is 4.31 Å². The van der Waals surface area contributed by atoms with Crippen LogP contribution in [0.1, 0.15) is 13.3 Å². The van der Waals surface area contributed by atoms with Crippen LogP contribution >= 0.6 is 15.9 Å². The highest BCUT2D eigenvalue weighted by Crippen LogP contribution is 2.30. The fourth-order valence-electron chi connectivity index (χ4n) is 1.50. The molecule has 0 aliphatic carbocycles. The molecule has 0 N–H and O–H groups in total. The minimum absolute atomic E-state index is 0.00245. The van der Waals surface area contributed by atoms with Crippen molar-refractivity contribution in [3.63, 3.8) is 0 Å². The molecule has 0 spiro atoms. The summed E-state index contributed by atoms with van der Waals surface area (Å²) in [7, 11) is -2.75. The van der Waals surface area contributed by atoms with E-state index in [1.807, 2.05) is 6.07 Å². The van der Waals surface area contributed by atoms with Crippen molar-refractivity contribution < 1.29 is 13.3 Å². The molecule has 0 aliphatic rings. The lowest BCUT2D eigenvalue weighted by atomic mass is 10.3. The molecule has 0 radical (unpaired) electrons. The van der Waals surface area contributed by atoms with Gasteiger partial charge in [0.1, 0.15) is 0 Å². The normalized spacial score (nSPS) is 12.9. The van der Waals surface area contributed by atoms with E-state index in [2.05, 4.69) is 15.9 Å². The number of benzene rings is 1. The van der Waals surface area contributed by atoms with Crippen molar-refractivity contribution in [3.05, 3.63) is 32.8 Å². The quantitative estimate of drug-likeness (QED) is 0.590. The van der Waals surface area contributed by atoms with Gasteiger partial charge >= 0.3 is 0 Å². The first kappa shape index (κ1) is 16.6. The second kappa shape index (κ2) is 6.30. The highest BCUT2D eigenvalue weighted by Gasteiger charge is 2.32. The molecule has 1 atom stereocenters. The van der Waals surface area contributed by atoms with Crippen molar-refractivity contribution in [2.75, 3.05) is 7.05 Å². The first-order chi connectivity index (χ1) is 9.21. The molecular weight excluding hydrogens is 350 g/mol. The molecule has 0 aliphatic heterocycles. The summed E-state index contributed by atoms with van der Waals surface area (Å²) in [5, 5.41) is 19.6. The highest BCUT2D eigenvalue weighted by molar-refractivity contribution is 9.10. The standard InChI is InChI=1S/C11H12BrN3O4S/c1-8(5-6-13)14(2)20(18,19)11-7-9(12)3-4-10(11)15(16)17/h3-4,7-8H,5H2,1-2H3. The first-order valence-electron chi connectivity index (χ1n) is 5.50. The lowest BCUT2D eigenvalue weighted by Crippen LogP contribution is -2.35. The van der Waals surface area contributed by atoms with Gasteiger partial charge in [-0.25, -0.2) is 8.42 Å². The van der Waals surface area contributed by atoms with Crippen molar-refractivity contribution in [3.8, 4) is 6.07 Å². The van der Waals surface area contributed by atoms with E-state index in [1.165, 1.54) is 19.2 Å². The Hall–Kier alpha value is -1.50. The molecule has 108 valence electrons. The molecule has 7 nitrogen and oxygen atoms in total. The molecule has 0 amide bonds. The van der Waals surface area contributed by atoms with E-state index in [-0.39, 0.29) is 6.42 Å². The predicted octanol–water partition coefficient (Wildman–Crippen LogP) is 2.28. The van der Waals surface area contributed by atoms with Crippen LogP contribution in [0.4, 0.5) is 5.69 Å². The Morgan fingerprint density at radius 1 is 1.55 bits per heavy atom. The molecule has 1 aromatic carbocycles. The van der Waals surface area contributed by atoms with Gasteiger partial charge in [-0.15, -0.1) is 0 Å². The van der Waals surface area contributed by atoms with Gasteiger partial charge in [0, 0.05) is 23.6 Å². The number of halogens is 1. The summed E-state index contributed by atoms with van der Waals surface area (Å²) in [6.07, 6.45) is -0.00245. The van der Waals surface area contributed by atoms with E-state index in [0.717, 1.165) is 10.4 Å². The Morgan fingerprint density at radius 2 is 2.15 bits per heavy atom. The monoisotopic (exact) mass is 361 g/mol. The van der Waals surface area contributed by atoms with E-state index >= 15 is 0 Å². The Bertz CT molecular complexity index is 669. The number of nitro benzene ring substituents is 1. The average molecular weight is 362 g/mol. The third-order valence-electron chi connectivity index (χ3n) is 2.78. The number of nitrogens with zero attached hydrogens (tertiary/aromatic N) is 3. The number of nitro groups is 1. The van der Waals surface area contributed by atoms with Gasteiger partial charge in [0.2, 0.25) is 10.0 Å². The average Bonchev–Trinajstić information content (AvgIpc) is 2.37. The maximum atomic E-state index is 12.4. The van der Waals surface area contributed by atoms with Crippen LogP contribution in [0.3, 0.4) is 0 Å². The number of hydrogen-bond acceptors (Lipinski definition) is 5. The number of hydrogen-bond donors (Lipinski definition) is 0. The smallest absolute Gasteiger partial charge is 0.258 e. The van der Waals surface area contributed by atoms with Crippen LogP contribution in [0.2, 0.25) is 0 Å². The maximum Gasteiger partial charge on any atom is 0.289 e. The second-order valence-electron chi connectivity index (χ2n) is 4.10. The van der Waals surface area contributed by atoms with Crippen LogP contribution in [0.15, 0.2) is 27.6 Å². The summed E-state index contributed by atoms with van der Waals surface area (Å²) in [6, 6.07) is 5.00. The van der Waals surface area contributed by atoms with Gasteiger partial charge in [-0.1, -0.05) is 15.9 Å². The summed E-state index contributed by atoms with van der Waals surface area (Å²) in [5.74, 6) is 0. The van der Waals surface area contributed by atoms with E-state index in [0.29, 0.717) is 4.47 Å². The van der Waals surface area contributed by atoms with E-state index in [1.54, 1.807) is 6.92 Å². The van der Waals surface area contributed by atoms with Gasteiger partial charge < -0.3 is 0 Å². The van der Waals surface area contributed by atoms with Gasteiger partial charge in [0.05, 0.1) is 17.4 Å². The van der Waals surface area contributed by atoms with Crippen LogP contribution in [0.25, 0.3) is 0 Å². The summed E-state index contributed by atoms with van der Waals surface area (Å²) in [5.41, 5.74) is -0.496. The van der Waals surface area contributed by atoms with Crippen molar-refractivity contribution in [2.24, 2.45) is 0 Å². The lowest BCUT2D eigenvalue weighted by Gasteiger charge is -2.22. The van der Waals surface area contributed by atoms with Crippen molar-refractivity contribution in [1.29, 1.82) is 5.26 Å². The molecule has 0 heterocycles. The van der Waals surface area contributed by atoms with Gasteiger partial charge in [0.25, 0.3) is 5.69 Å². The van der Waals surface area contributed by atoms with Crippen LogP contribution in [0.5, 0.6) is 0 Å². The van der Waals surface area contributed by atoms with Gasteiger partial charge in [-0.2, -0.15) is 9.57 Å². The van der Waals surface area contributed by atoms with Crippen LogP contribution in [-0.4, -0.2) is 30.7 Å². The van der Waals surface area contributed by atoms with Crippen molar-refractivity contribution in [2.45, 2.75) is 24.3 Å². The molecule has 0 saturated carbocycles. The second-order valence-corrected chi connectivity index (χ2v) is 6.98. The van der Waals surface area contributed by atoms with Gasteiger partial charge in [-0.05, 0) is 19.1 Å². The zero-order chi connectivity index (χ0) is 15.5. The molecule has 1 aromatic rings. The predicted molar refractivity (Wildman–Crippen MR) is 75.4 cm³/mol. The third kappa shape index (κ3) is 3.33. The van der Waals surface area contributed by atoms with Crippen LogP contribution in [-0.2, 0) is 10.0 Å². The largest absolute Gasteiger partial charge is 0.289 e. The third-order valence-corrected chi connectivity index (χ3v) is 5.28. The number of sulfonamides is 1. The van der Waals surface area contributed by atoms with Crippen LogP contribution in [0, 0.1) is 21.4 Å². The Labute approximate surface area is 125 Å². The summed E-state index contributed by atoms with van der Waals surface area (Å²) in [4.78, 5) is 9.81. The number of rotatable bonds is 5. The van der Waals surface area contributed by atoms with Crippen molar-refractivity contribution >= 4 is 31.6 Å². The maximum absolute atomic E-state index is 12.4. The fraction of sp³-hybridized carbons (Fsp3) is 0.364. The summed E-state index contributed by atoms with van der Waals surface area (Å²) >= 11 is 3.10. The molecule has 0 bridgehead atoms. The van der Waals surface area contributed by atoms with E-state index < -0.39 is 31.6 Å². The molecule has 0 saturated heterocycles.